The maximum absolute atomic E-state index is 12.4. The quantitative estimate of drug-likeness (QED) is 0.934. The van der Waals surface area contributed by atoms with Gasteiger partial charge in [0.05, 0.1) is 6.10 Å². The van der Waals surface area contributed by atoms with Crippen LogP contribution in [0.2, 0.25) is 0 Å². The molecule has 1 aromatic heterocycles. The molecule has 0 amide bonds. The molecule has 1 atom stereocenters. The van der Waals surface area contributed by atoms with Gasteiger partial charge in [-0.05, 0) is 19.4 Å². The Morgan fingerprint density at radius 2 is 1.90 bits per heavy atom. The average Bonchev–Trinajstić information content (AvgIpc) is 2.89. The second-order valence-electron chi connectivity index (χ2n) is 4.22. The number of aromatic nitrogens is 3. The number of rotatable bonds is 4. The zero-order valence-corrected chi connectivity index (χ0v) is 11.0. The summed E-state index contributed by atoms with van der Waals surface area (Å²) >= 11 is 0. The third-order valence-corrected chi connectivity index (χ3v) is 2.81. The standard InChI is InChI=1S/C13H14F3N3O/c1-3-20-8(2)9-4-6-10(7-5-9)11-17-12(19-18-11)13(14,15)16/h4-8H,3H2,1-2H3,(H,17,18,19)/t8-/m0/s1. The SMILES string of the molecule is CCO[C@@H](C)c1ccc(-c2n[nH]c(C(F)(F)F)n2)cc1. The van der Waals surface area contributed by atoms with E-state index < -0.39 is 12.0 Å². The lowest BCUT2D eigenvalue weighted by molar-refractivity contribution is -0.144. The van der Waals surface area contributed by atoms with Crippen LogP contribution in [0, 0.1) is 0 Å². The van der Waals surface area contributed by atoms with Gasteiger partial charge in [0.1, 0.15) is 0 Å². The van der Waals surface area contributed by atoms with Gasteiger partial charge in [-0.1, -0.05) is 24.3 Å². The Morgan fingerprint density at radius 3 is 2.40 bits per heavy atom. The number of benzene rings is 1. The second kappa shape index (κ2) is 5.62. The molecule has 108 valence electrons. The molecule has 7 heteroatoms. The number of hydrogen-bond donors (Lipinski definition) is 1. The molecule has 2 rings (SSSR count). The third-order valence-electron chi connectivity index (χ3n) is 2.81. The second-order valence-corrected chi connectivity index (χ2v) is 4.22. The van der Waals surface area contributed by atoms with E-state index in [1.54, 1.807) is 24.3 Å². The van der Waals surface area contributed by atoms with Crippen LogP contribution >= 0.6 is 0 Å². The fourth-order valence-electron chi connectivity index (χ4n) is 1.77. The van der Waals surface area contributed by atoms with Crippen LogP contribution in [0.1, 0.15) is 31.3 Å². The summed E-state index contributed by atoms with van der Waals surface area (Å²) in [5, 5.41) is 5.47. The number of ether oxygens (including phenoxy) is 1. The summed E-state index contributed by atoms with van der Waals surface area (Å²) in [6.45, 7) is 4.41. The summed E-state index contributed by atoms with van der Waals surface area (Å²) < 4.78 is 42.7. The van der Waals surface area contributed by atoms with E-state index in [0.717, 1.165) is 5.56 Å². The number of hydrogen-bond acceptors (Lipinski definition) is 3. The van der Waals surface area contributed by atoms with Crippen molar-refractivity contribution >= 4 is 0 Å². The van der Waals surface area contributed by atoms with Crippen molar-refractivity contribution in [1.82, 2.24) is 15.2 Å². The van der Waals surface area contributed by atoms with Gasteiger partial charge in [0, 0.05) is 12.2 Å². The summed E-state index contributed by atoms with van der Waals surface area (Å²) in [7, 11) is 0. The Morgan fingerprint density at radius 1 is 1.25 bits per heavy atom. The van der Waals surface area contributed by atoms with Gasteiger partial charge in [0.25, 0.3) is 0 Å². The number of H-pyrrole nitrogens is 1. The number of nitrogens with one attached hydrogen (secondary N) is 1. The molecule has 1 N–H and O–H groups in total. The van der Waals surface area contributed by atoms with Gasteiger partial charge in [-0.3, -0.25) is 5.10 Å². The molecule has 0 aliphatic carbocycles. The van der Waals surface area contributed by atoms with Gasteiger partial charge < -0.3 is 4.74 Å². The van der Waals surface area contributed by atoms with Gasteiger partial charge in [0.15, 0.2) is 5.82 Å². The molecular weight excluding hydrogens is 271 g/mol. The Bertz CT molecular complexity index is 563. The van der Waals surface area contributed by atoms with Gasteiger partial charge in [-0.15, -0.1) is 0 Å². The first-order valence-electron chi connectivity index (χ1n) is 6.13. The number of halogens is 3. The molecule has 0 saturated carbocycles. The first-order chi connectivity index (χ1) is 9.41. The molecule has 0 fully saturated rings. The summed E-state index contributed by atoms with van der Waals surface area (Å²) in [6.07, 6.45) is -4.58. The first kappa shape index (κ1) is 14.5. The van der Waals surface area contributed by atoms with Crippen LogP contribution in [0.5, 0.6) is 0 Å². The van der Waals surface area contributed by atoms with E-state index in [1.165, 1.54) is 0 Å². The summed E-state index contributed by atoms with van der Waals surface area (Å²) in [6, 6.07) is 6.93. The third kappa shape index (κ3) is 3.16. The minimum atomic E-state index is -4.52. The molecular formula is C13H14F3N3O. The minimum Gasteiger partial charge on any atom is -0.374 e. The highest BCUT2D eigenvalue weighted by molar-refractivity contribution is 5.55. The lowest BCUT2D eigenvalue weighted by atomic mass is 10.1. The monoisotopic (exact) mass is 285 g/mol. The number of alkyl halides is 3. The van der Waals surface area contributed by atoms with Crippen LogP contribution in [0.3, 0.4) is 0 Å². The fourth-order valence-corrected chi connectivity index (χ4v) is 1.77. The van der Waals surface area contributed by atoms with Gasteiger partial charge >= 0.3 is 6.18 Å². The minimum absolute atomic E-state index is 0.0212. The number of nitrogens with zero attached hydrogens (tertiary/aromatic N) is 2. The van der Waals surface area contributed by atoms with E-state index in [2.05, 4.69) is 10.1 Å². The van der Waals surface area contributed by atoms with Crippen LogP contribution in [0.25, 0.3) is 11.4 Å². The molecule has 0 aliphatic rings. The maximum atomic E-state index is 12.4. The van der Waals surface area contributed by atoms with Crippen molar-refractivity contribution in [3.8, 4) is 11.4 Å². The Balaban J connectivity index is 2.20. The Labute approximate surface area is 114 Å². The van der Waals surface area contributed by atoms with E-state index >= 15 is 0 Å². The molecule has 0 saturated heterocycles. The molecule has 1 aromatic carbocycles. The average molecular weight is 285 g/mol. The highest BCUT2D eigenvalue weighted by atomic mass is 19.4. The molecule has 0 aliphatic heterocycles. The molecule has 0 spiro atoms. The molecule has 2 aromatic rings. The van der Waals surface area contributed by atoms with E-state index in [0.29, 0.717) is 12.2 Å². The summed E-state index contributed by atoms with van der Waals surface area (Å²) in [5.41, 5.74) is 1.46. The maximum Gasteiger partial charge on any atom is 0.451 e. The van der Waals surface area contributed by atoms with Crippen LogP contribution in [0.15, 0.2) is 24.3 Å². The van der Waals surface area contributed by atoms with E-state index in [1.807, 2.05) is 18.9 Å². The molecule has 1 heterocycles. The van der Waals surface area contributed by atoms with Crippen LogP contribution in [-0.2, 0) is 10.9 Å². The van der Waals surface area contributed by atoms with E-state index in [4.69, 9.17) is 4.74 Å². The topological polar surface area (TPSA) is 50.8 Å². The molecule has 0 bridgehead atoms. The van der Waals surface area contributed by atoms with Crippen molar-refractivity contribution in [3.63, 3.8) is 0 Å². The van der Waals surface area contributed by atoms with Crippen LogP contribution in [0.4, 0.5) is 13.2 Å². The van der Waals surface area contributed by atoms with Crippen molar-refractivity contribution in [2.45, 2.75) is 26.1 Å². The van der Waals surface area contributed by atoms with Crippen molar-refractivity contribution in [2.75, 3.05) is 6.61 Å². The van der Waals surface area contributed by atoms with Crippen molar-refractivity contribution < 1.29 is 17.9 Å². The summed E-state index contributed by atoms with van der Waals surface area (Å²) in [4.78, 5) is 3.44. The Kier molecular flexibility index (Phi) is 4.08. The molecule has 4 nitrogen and oxygen atoms in total. The van der Waals surface area contributed by atoms with Gasteiger partial charge in [0.2, 0.25) is 5.82 Å². The Hall–Kier alpha value is -1.89. The zero-order valence-electron chi connectivity index (χ0n) is 11.0. The predicted octanol–water partition coefficient (Wildman–Crippen LogP) is 3.59. The highest BCUT2D eigenvalue weighted by Gasteiger charge is 2.35. The highest BCUT2D eigenvalue weighted by Crippen LogP contribution is 2.28. The van der Waals surface area contributed by atoms with Crippen LogP contribution in [-0.4, -0.2) is 21.8 Å². The van der Waals surface area contributed by atoms with Crippen LogP contribution < -0.4 is 0 Å². The molecule has 20 heavy (non-hydrogen) atoms. The lowest BCUT2D eigenvalue weighted by Gasteiger charge is -2.11. The van der Waals surface area contributed by atoms with Crippen molar-refractivity contribution in [2.24, 2.45) is 0 Å². The lowest BCUT2D eigenvalue weighted by Crippen LogP contribution is -2.07. The molecule has 0 unspecified atom stereocenters. The number of aromatic amines is 1. The van der Waals surface area contributed by atoms with Crippen molar-refractivity contribution in [1.29, 1.82) is 0 Å². The van der Waals surface area contributed by atoms with Crippen molar-refractivity contribution in [3.05, 3.63) is 35.7 Å². The van der Waals surface area contributed by atoms with E-state index in [9.17, 15) is 13.2 Å². The van der Waals surface area contributed by atoms with Gasteiger partial charge in [-0.25, -0.2) is 4.98 Å². The largest absolute Gasteiger partial charge is 0.451 e. The molecule has 0 radical (unpaired) electrons. The summed E-state index contributed by atoms with van der Waals surface area (Å²) in [5.74, 6) is -1.08. The first-order valence-corrected chi connectivity index (χ1v) is 6.13. The normalized spacial score (nSPS) is 13.4. The predicted molar refractivity (Wildman–Crippen MR) is 66.9 cm³/mol. The van der Waals surface area contributed by atoms with E-state index in [-0.39, 0.29) is 11.9 Å². The van der Waals surface area contributed by atoms with Gasteiger partial charge in [-0.2, -0.15) is 18.3 Å². The zero-order chi connectivity index (χ0) is 14.8. The fraction of sp³-hybridized carbons (Fsp3) is 0.385. The smallest absolute Gasteiger partial charge is 0.374 e.